The van der Waals surface area contributed by atoms with Crippen LogP contribution in [0.1, 0.15) is 29.6 Å². The van der Waals surface area contributed by atoms with E-state index < -0.39 is 5.97 Å². The molecule has 0 unspecified atom stereocenters. The summed E-state index contributed by atoms with van der Waals surface area (Å²) in [6.45, 7) is 5.94. The van der Waals surface area contributed by atoms with Crippen molar-refractivity contribution >= 4 is 29.6 Å². The number of allylic oxidation sites excluding steroid dienone is 1. The number of hydrogen-bond acceptors (Lipinski definition) is 4. The van der Waals surface area contributed by atoms with Crippen molar-refractivity contribution in [1.82, 2.24) is 9.47 Å². The van der Waals surface area contributed by atoms with Crippen LogP contribution in [0.2, 0.25) is 5.02 Å². The lowest BCUT2D eigenvalue weighted by atomic mass is 10.0. The first kappa shape index (κ1) is 21.7. The van der Waals surface area contributed by atoms with Gasteiger partial charge in [-0.05, 0) is 74.9 Å². The van der Waals surface area contributed by atoms with E-state index in [9.17, 15) is 9.59 Å². The van der Waals surface area contributed by atoms with Gasteiger partial charge in [0.2, 0.25) is 0 Å². The fraction of sp³-hybridized carbons (Fsp3) is 0.200. The number of halogens is 1. The van der Waals surface area contributed by atoms with Crippen molar-refractivity contribution in [3.05, 3.63) is 93.3 Å². The van der Waals surface area contributed by atoms with E-state index >= 15 is 0 Å². The van der Waals surface area contributed by atoms with Gasteiger partial charge in [0, 0.05) is 27.8 Å². The number of benzene rings is 1. The van der Waals surface area contributed by atoms with E-state index in [1.54, 1.807) is 31.4 Å². The van der Waals surface area contributed by atoms with Gasteiger partial charge in [-0.25, -0.2) is 4.79 Å². The Kier molecular flexibility index (Phi) is 5.80. The second kappa shape index (κ2) is 8.55. The minimum atomic E-state index is -0.546. The molecule has 0 N–H and O–H groups in total. The van der Waals surface area contributed by atoms with Crippen LogP contribution in [0.25, 0.3) is 11.8 Å². The minimum absolute atomic E-state index is 0.235. The van der Waals surface area contributed by atoms with E-state index in [0.717, 1.165) is 22.6 Å². The molecule has 1 aliphatic heterocycles. The number of carbonyl (C=O) groups excluding carboxylic acids is 2. The summed E-state index contributed by atoms with van der Waals surface area (Å²) in [4.78, 5) is 27.5. The van der Waals surface area contributed by atoms with Gasteiger partial charge in [-0.2, -0.15) is 0 Å². The molecular formula is C25H23ClN2O4. The highest BCUT2D eigenvalue weighted by Crippen LogP contribution is 2.34. The van der Waals surface area contributed by atoms with Crippen molar-refractivity contribution < 1.29 is 18.7 Å². The van der Waals surface area contributed by atoms with Crippen LogP contribution >= 0.6 is 11.6 Å². The third-order valence-corrected chi connectivity index (χ3v) is 5.90. The number of hydrogen-bond donors (Lipinski definition) is 0. The minimum Gasteiger partial charge on any atom is -0.467 e. The topological polar surface area (TPSA) is 64.7 Å². The van der Waals surface area contributed by atoms with Gasteiger partial charge in [0.25, 0.3) is 5.91 Å². The molecule has 6 nitrogen and oxygen atoms in total. The normalized spacial score (nSPS) is 15.2. The van der Waals surface area contributed by atoms with Crippen molar-refractivity contribution in [2.45, 2.75) is 27.3 Å². The number of nitrogens with zero attached hydrogens (tertiary/aromatic N) is 2. The SMILES string of the molecule is COC(=O)C1=C(C)N(Cc2ccco2)C(=O)C1=Cc1cc(C)n(-c2ccc(Cl)cc2)c1C. The van der Waals surface area contributed by atoms with Crippen molar-refractivity contribution in [2.24, 2.45) is 0 Å². The summed E-state index contributed by atoms with van der Waals surface area (Å²) < 4.78 is 12.5. The number of amides is 1. The molecule has 32 heavy (non-hydrogen) atoms. The van der Waals surface area contributed by atoms with Crippen LogP contribution in [-0.4, -0.2) is 28.5 Å². The molecule has 1 amide bonds. The Morgan fingerprint density at radius 1 is 1.16 bits per heavy atom. The molecule has 3 heterocycles. The summed E-state index contributed by atoms with van der Waals surface area (Å²) >= 11 is 6.03. The summed E-state index contributed by atoms with van der Waals surface area (Å²) in [6, 6.07) is 13.1. The summed E-state index contributed by atoms with van der Waals surface area (Å²) in [5.74, 6) is -0.185. The Hall–Kier alpha value is -3.51. The predicted octanol–water partition coefficient (Wildman–Crippen LogP) is 5.21. The van der Waals surface area contributed by atoms with Crippen molar-refractivity contribution in [1.29, 1.82) is 0 Å². The van der Waals surface area contributed by atoms with E-state index in [0.29, 0.717) is 22.1 Å². The second-order valence-corrected chi connectivity index (χ2v) is 8.06. The molecule has 0 radical (unpaired) electrons. The zero-order valence-electron chi connectivity index (χ0n) is 18.3. The molecule has 0 spiro atoms. The van der Waals surface area contributed by atoms with Crippen molar-refractivity contribution in [3.8, 4) is 5.69 Å². The fourth-order valence-electron chi connectivity index (χ4n) is 4.05. The summed E-state index contributed by atoms with van der Waals surface area (Å²) in [5.41, 5.74) is 4.85. The molecule has 4 rings (SSSR count). The van der Waals surface area contributed by atoms with E-state index in [2.05, 4.69) is 4.57 Å². The molecule has 1 aromatic carbocycles. The maximum atomic E-state index is 13.3. The highest BCUT2D eigenvalue weighted by atomic mass is 35.5. The maximum absolute atomic E-state index is 13.3. The van der Waals surface area contributed by atoms with Crippen LogP contribution in [0.15, 0.2) is 70.0 Å². The summed E-state index contributed by atoms with van der Waals surface area (Å²) in [7, 11) is 1.31. The first-order valence-corrected chi connectivity index (χ1v) is 10.5. The second-order valence-electron chi connectivity index (χ2n) is 7.62. The van der Waals surface area contributed by atoms with E-state index in [-0.39, 0.29) is 18.0 Å². The first-order chi connectivity index (χ1) is 15.3. The van der Waals surface area contributed by atoms with Crippen LogP contribution in [0, 0.1) is 13.8 Å². The van der Waals surface area contributed by atoms with Crippen LogP contribution < -0.4 is 0 Å². The highest BCUT2D eigenvalue weighted by Gasteiger charge is 2.37. The molecule has 3 aromatic rings. The highest BCUT2D eigenvalue weighted by molar-refractivity contribution is 6.30. The van der Waals surface area contributed by atoms with Crippen LogP contribution in [0.4, 0.5) is 0 Å². The Morgan fingerprint density at radius 3 is 2.50 bits per heavy atom. The number of furan rings is 1. The zero-order valence-corrected chi connectivity index (χ0v) is 19.1. The van der Waals surface area contributed by atoms with Crippen LogP contribution in [-0.2, 0) is 20.9 Å². The zero-order chi connectivity index (χ0) is 23.0. The molecule has 0 fully saturated rings. The molecule has 0 aliphatic carbocycles. The summed E-state index contributed by atoms with van der Waals surface area (Å²) in [5, 5.41) is 0.662. The van der Waals surface area contributed by atoms with Gasteiger partial charge < -0.3 is 18.6 Å². The number of ether oxygens (including phenoxy) is 1. The number of methoxy groups -OCH3 is 1. The van der Waals surface area contributed by atoms with Gasteiger partial charge in [-0.3, -0.25) is 4.79 Å². The third-order valence-electron chi connectivity index (χ3n) is 5.65. The fourth-order valence-corrected chi connectivity index (χ4v) is 4.18. The Bertz CT molecular complexity index is 1250. The van der Waals surface area contributed by atoms with Gasteiger partial charge in [0.1, 0.15) is 5.76 Å². The largest absolute Gasteiger partial charge is 0.467 e. The average Bonchev–Trinajstić information content (AvgIpc) is 3.44. The monoisotopic (exact) mass is 450 g/mol. The Morgan fingerprint density at radius 2 is 1.88 bits per heavy atom. The quantitative estimate of drug-likeness (QED) is 0.395. The Balaban J connectivity index is 1.78. The smallest absolute Gasteiger partial charge is 0.340 e. The third kappa shape index (κ3) is 3.78. The Labute approximate surface area is 191 Å². The van der Waals surface area contributed by atoms with Crippen LogP contribution in [0.3, 0.4) is 0 Å². The van der Waals surface area contributed by atoms with E-state index in [1.807, 2.05) is 44.2 Å². The van der Waals surface area contributed by atoms with Gasteiger partial charge in [-0.15, -0.1) is 0 Å². The van der Waals surface area contributed by atoms with E-state index in [4.69, 9.17) is 20.8 Å². The number of esters is 1. The molecule has 164 valence electrons. The molecule has 0 saturated carbocycles. The van der Waals surface area contributed by atoms with Crippen molar-refractivity contribution in [3.63, 3.8) is 0 Å². The van der Waals surface area contributed by atoms with Crippen LogP contribution in [0.5, 0.6) is 0 Å². The maximum Gasteiger partial charge on any atom is 0.340 e. The predicted molar refractivity (Wildman–Crippen MR) is 122 cm³/mol. The van der Waals surface area contributed by atoms with Gasteiger partial charge in [0.05, 0.1) is 31.1 Å². The van der Waals surface area contributed by atoms with Crippen molar-refractivity contribution in [2.75, 3.05) is 7.11 Å². The molecule has 0 bridgehead atoms. The molecule has 0 saturated heterocycles. The lowest BCUT2D eigenvalue weighted by Gasteiger charge is -2.16. The molecular weight excluding hydrogens is 428 g/mol. The lowest BCUT2D eigenvalue weighted by molar-refractivity contribution is -0.136. The first-order valence-electron chi connectivity index (χ1n) is 10.1. The number of aryl methyl sites for hydroxylation is 1. The standard InChI is InChI=1S/C25H23ClN2O4/c1-15-12-18(16(2)28(15)20-9-7-19(26)8-10-20)13-22-23(25(30)31-4)17(3)27(24(22)29)14-21-6-5-11-32-21/h5-13H,14H2,1-4H3. The number of rotatable bonds is 5. The molecule has 2 aromatic heterocycles. The average molecular weight is 451 g/mol. The summed E-state index contributed by atoms with van der Waals surface area (Å²) in [6.07, 6.45) is 3.31. The number of carbonyl (C=O) groups is 2. The van der Waals surface area contributed by atoms with E-state index in [1.165, 1.54) is 12.0 Å². The molecule has 1 aliphatic rings. The van der Waals surface area contributed by atoms with Gasteiger partial charge in [-0.1, -0.05) is 11.6 Å². The molecule has 7 heteroatoms. The van der Waals surface area contributed by atoms with Gasteiger partial charge >= 0.3 is 5.97 Å². The number of aromatic nitrogens is 1. The van der Waals surface area contributed by atoms with Gasteiger partial charge in [0.15, 0.2) is 0 Å². The lowest BCUT2D eigenvalue weighted by Crippen LogP contribution is -2.24. The molecule has 0 atom stereocenters.